The number of carbonyl (C=O) groups excluding carboxylic acids is 2. The quantitative estimate of drug-likeness (QED) is 0.615. The second-order valence-electron chi connectivity index (χ2n) is 7.11. The monoisotopic (exact) mass is 418 g/mol. The fourth-order valence-corrected chi connectivity index (χ4v) is 3.55. The van der Waals surface area contributed by atoms with E-state index in [1.165, 1.54) is 0 Å². The van der Waals surface area contributed by atoms with Crippen molar-refractivity contribution in [2.24, 2.45) is 5.10 Å². The predicted molar refractivity (Wildman–Crippen MR) is 116 cm³/mol. The third-order valence-corrected chi connectivity index (χ3v) is 5.06. The highest BCUT2D eigenvalue weighted by Crippen LogP contribution is 2.30. The summed E-state index contributed by atoms with van der Waals surface area (Å²) >= 11 is 0. The lowest BCUT2D eigenvalue weighted by atomic mass is 9.93. The first-order chi connectivity index (χ1) is 15.1. The predicted octanol–water partition coefficient (Wildman–Crippen LogP) is 3.71. The molecule has 0 saturated carbocycles. The van der Waals surface area contributed by atoms with Gasteiger partial charge in [0.2, 0.25) is 0 Å². The third-order valence-electron chi connectivity index (χ3n) is 5.06. The molecule has 158 valence electrons. The van der Waals surface area contributed by atoms with Crippen LogP contribution in [0.5, 0.6) is 5.75 Å². The van der Waals surface area contributed by atoms with Gasteiger partial charge in [-0.15, -0.1) is 0 Å². The normalized spacial score (nSPS) is 14.1. The van der Waals surface area contributed by atoms with Gasteiger partial charge in [0, 0.05) is 29.3 Å². The summed E-state index contributed by atoms with van der Waals surface area (Å²) in [5.74, 6) is 1.25. The van der Waals surface area contributed by atoms with Gasteiger partial charge in [0.25, 0.3) is 11.8 Å². The summed E-state index contributed by atoms with van der Waals surface area (Å²) in [6.45, 7) is 1.82. The number of fused-ring (bicyclic) bond motifs is 1. The van der Waals surface area contributed by atoms with Crippen molar-refractivity contribution in [1.82, 2.24) is 10.4 Å². The van der Waals surface area contributed by atoms with Gasteiger partial charge in [-0.25, -0.2) is 10.4 Å². The zero-order chi connectivity index (χ0) is 21.8. The summed E-state index contributed by atoms with van der Waals surface area (Å²) in [6.07, 6.45) is 3.80. The Morgan fingerprint density at radius 1 is 1.13 bits per heavy atom. The molecule has 31 heavy (non-hydrogen) atoms. The number of anilines is 1. The Morgan fingerprint density at radius 3 is 2.77 bits per heavy atom. The number of hydrogen-bond donors (Lipinski definition) is 2. The van der Waals surface area contributed by atoms with Crippen LogP contribution in [0.2, 0.25) is 0 Å². The number of methoxy groups -OCH3 is 1. The van der Waals surface area contributed by atoms with E-state index >= 15 is 0 Å². The topological polar surface area (TPSA) is 106 Å². The van der Waals surface area contributed by atoms with E-state index < -0.39 is 0 Å². The molecule has 8 heteroatoms. The Morgan fingerprint density at radius 2 is 2.00 bits per heavy atom. The minimum absolute atomic E-state index is 0.226. The molecule has 0 atom stereocenters. The van der Waals surface area contributed by atoms with Crippen molar-refractivity contribution in [1.29, 1.82) is 0 Å². The minimum atomic E-state index is -0.370. The van der Waals surface area contributed by atoms with Gasteiger partial charge in [-0.2, -0.15) is 5.10 Å². The molecule has 1 aromatic carbocycles. The lowest BCUT2D eigenvalue weighted by Gasteiger charge is -2.13. The number of hydrazone groups is 1. The Bertz CT molecular complexity index is 1150. The van der Waals surface area contributed by atoms with Crippen molar-refractivity contribution >= 4 is 23.3 Å². The molecule has 0 fully saturated rings. The average Bonchev–Trinajstić information content (AvgIpc) is 3.15. The van der Waals surface area contributed by atoms with Gasteiger partial charge >= 0.3 is 0 Å². The number of pyridine rings is 1. The highest BCUT2D eigenvalue weighted by Gasteiger charge is 2.28. The van der Waals surface area contributed by atoms with E-state index in [-0.39, 0.29) is 17.6 Å². The molecule has 1 aliphatic carbocycles. The van der Waals surface area contributed by atoms with Crippen LogP contribution in [0.3, 0.4) is 0 Å². The Balaban J connectivity index is 1.56. The number of hydrogen-bond acceptors (Lipinski definition) is 6. The van der Waals surface area contributed by atoms with Crippen LogP contribution in [-0.4, -0.2) is 29.6 Å². The number of nitrogens with zero attached hydrogens (tertiary/aromatic N) is 2. The van der Waals surface area contributed by atoms with Crippen LogP contribution in [0, 0.1) is 6.92 Å². The highest BCUT2D eigenvalue weighted by molar-refractivity contribution is 6.09. The number of ether oxygens (including phenoxy) is 1. The molecule has 0 radical (unpaired) electrons. The molecule has 0 saturated heterocycles. The van der Waals surface area contributed by atoms with E-state index in [1.54, 1.807) is 55.8 Å². The molecule has 4 rings (SSSR count). The van der Waals surface area contributed by atoms with Gasteiger partial charge in [-0.3, -0.25) is 9.59 Å². The van der Waals surface area contributed by atoms with E-state index in [4.69, 9.17) is 9.15 Å². The maximum atomic E-state index is 12.7. The maximum absolute atomic E-state index is 12.7. The van der Waals surface area contributed by atoms with Gasteiger partial charge < -0.3 is 14.5 Å². The molecule has 8 nitrogen and oxygen atoms in total. The zero-order valence-electron chi connectivity index (χ0n) is 17.3. The first kappa shape index (κ1) is 20.3. The van der Waals surface area contributed by atoms with Gasteiger partial charge in [0.15, 0.2) is 5.76 Å². The van der Waals surface area contributed by atoms with Crippen molar-refractivity contribution < 1.29 is 18.7 Å². The zero-order valence-corrected chi connectivity index (χ0v) is 17.3. The molecule has 0 unspecified atom stereocenters. The fraction of sp³-hybridized carbons (Fsp3) is 0.217. The SMILES string of the molecule is COc1cccc(C(=O)N/N=C2\CCCc3oc(C(=O)Nc4ccccn4)c(C)c32)c1. The lowest BCUT2D eigenvalue weighted by Crippen LogP contribution is -2.22. The van der Waals surface area contributed by atoms with Crippen LogP contribution in [0.25, 0.3) is 0 Å². The second kappa shape index (κ2) is 8.83. The number of benzene rings is 1. The molecule has 3 aromatic rings. The van der Waals surface area contributed by atoms with Crippen molar-refractivity contribution in [2.75, 3.05) is 12.4 Å². The molecular weight excluding hydrogens is 396 g/mol. The molecule has 1 aliphatic rings. The largest absolute Gasteiger partial charge is 0.497 e. The number of furan rings is 1. The van der Waals surface area contributed by atoms with E-state index in [0.29, 0.717) is 47.0 Å². The second-order valence-corrected chi connectivity index (χ2v) is 7.11. The molecule has 0 spiro atoms. The summed E-state index contributed by atoms with van der Waals surface area (Å²) in [6, 6.07) is 12.1. The molecular formula is C23H22N4O4. The van der Waals surface area contributed by atoms with E-state index in [2.05, 4.69) is 20.8 Å². The first-order valence-corrected chi connectivity index (χ1v) is 9.93. The molecule has 2 heterocycles. The van der Waals surface area contributed by atoms with Gasteiger partial charge in [0.05, 0.1) is 12.8 Å². The lowest BCUT2D eigenvalue weighted by molar-refractivity contribution is 0.0953. The van der Waals surface area contributed by atoms with Gasteiger partial charge in [-0.1, -0.05) is 12.1 Å². The van der Waals surface area contributed by atoms with Crippen molar-refractivity contribution in [3.05, 3.63) is 76.9 Å². The summed E-state index contributed by atoms with van der Waals surface area (Å²) in [5.41, 5.74) is 5.21. The number of carbonyl (C=O) groups is 2. The standard InChI is InChI=1S/C23H22N4O4/c1-14-20-17(26-27-22(28)15-7-5-8-16(13-15)30-2)9-6-10-18(20)31-21(14)23(29)25-19-11-3-4-12-24-19/h3-5,7-8,11-13H,6,9-10H2,1-2H3,(H,27,28)(H,24,25,29)/b26-17+. The fourth-order valence-electron chi connectivity index (χ4n) is 3.55. The van der Waals surface area contributed by atoms with Crippen LogP contribution in [-0.2, 0) is 6.42 Å². The smallest absolute Gasteiger partial charge is 0.292 e. The molecule has 2 amide bonds. The van der Waals surface area contributed by atoms with Crippen molar-refractivity contribution in [3.8, 4) is 5.75 Å². The molecule has 2 N–H and O–H groups in total. The Hall–Kier alpha value is -3.94. The number of rotatable bonds is 5. The van der Waals surface area contributed by atoms with Gasteiger partial charge in [0.1, 0.15) is 17.3 Å². The van der Waals surface area contributed by atoms with Crippen molar-refractivity contribution in [2.45, 2.75) is 26.2 Å². The minimum Gasteiger partial charge on any atom is -0.497 e. The number of aromatic nitrogens is 1. The molecule has 2 aromatic heterocycles. The first-order valence-electron chi connectivity index (χ1n) is 9.93. The average molecular weight is 418 g/mol. The van der Waals surface area contributed by atoms with Gasteiger partial charge in [-0.05, 0) is 50.1 Å². The maximum Gasteiger partial charge on any atom is 0.292 e. The number of aryl methyl sites for hydroxylation is 1. The summed E-state index contributed by atoms with van der Waals surface area (Å²) in [4.78, 5) is 29.3. The molecule has 0 aliphatic heterocycles. The highest BCUT2D eigenvalue weighted by atomic mass is 16.5. The number of nitrogens with one attached hydrogen (secondary N) is 2. The van der Waals surface area contributed by atoms with E-state index in [9.17, 15) is 9.59 Å². The summed E-state index contributed by atoms with van der Waals surface area (Å²) in [7, 11) is 1.55. The Kier molecular flexibility index (Phi) is 5.79. The van der Waals surface area contributed by atoms with Crippen LogP contribution in [0.15, 0.2) is 58.2 Å². The van der Waals surface area contributed by atoms with Crippen LogP contribution < -0.4 is 15.5 Å². The van der Waals surface area contributed by atoms with Crippen LogP contribution in [0.1, 0.15) is 50.6 Å². The summed E-state index contributed by atoms with van der Waals surface area (Å²) in [5, 5.41) is 7.09. The number of amides is 2. The van der Waals surface area contributed by atoms with Crippen LogP contribution >= 0.6 is 0 Å². The van der Waals surface area contributed by atoms with E-state index in [1.807, 2.05) is 6.92 Å². The van der Waals surface area contributed by atoms with E-state index in [0.717, 1.165) is 12.0 Å². The molecule has 0 bridgehead atoms. The Labute approximate surface area is 179 Å². The summed E-state index contributed by atoms with van der Waals surface area (Å²) < 4.78 is 11.0. The van der Waals surface area contributed by atoms with Crippen molar-refractivity contribution in [3.63, 3.8) is 0 Å². The third kappa shape index (κ3) is 4.32. The van der Waals surface area contributed by atoms with Crippen LogP contribution in [0.4, 0.5) is 5.82 Å².